The first-order valence-corrected chi connectivity index (χ1v) is 16.0. The number of rotatable bonds is 12. The zero-order valence-electron chi connectivity index (χ0n) is 24.0. The molecule has 0 saturated carbocycles. The van der Waals surface area contributed by atoms with E-state index in [9.17, 15) is 18.0 Å². The fourth-order valence-electron chi connectivity index (χ4n) is 4.39. The van der Waals surface area contributed by atoms with Crippen LogP contribution in [0.3, 0.4) is 0 Å². The number of hydrogen-bond acceptors (Lipinski definition) is 4. The summed E-state index contributed by atoms with van der Waals surface area (Å²) in [7, 11) is -3.86. The van der Waals surface area contributed by atoms with Crippen molar-refractivity contribution in [2.45, 2.75) is 46.7 Å². The smallest absolute Gasteiger partial charge is 0.244 e. The monoisotopic (exact) mass is 617 g/mol. The Labute approximate surface area is 253 Å². The van der Waals surface area contributed by atoms with E-state index >= 15 is 0 Å². The Kier molecular flexibility index (Phi) is 11.2. The van der Waals surface area contributed by atoms with Crippen LogP contribution >= 0.6 is 23.2 Å². The number of sulfonamides is 1. The summed E-state index contributed by atoms with van der Waals surface area (Å²) in [6.07, 6.45) is 1.29. The Bertz CT molecular complexity index is 1480. The predicted molar refractivity (Wildman–Crippen MR) is 167 cm³/mol. The highest BCUT2D eigenvalue weighted by atomic mass is 35.5. The van der Waals surface area contributed by atoms with Crippen molar-refractivity contribution >= 4 is 50.7 Å². The lowest BCUT2D eigenvalue weighted by molar-refractivity contribution is -0.140. The van der Waals surface area contributed by atoms with Crippen LogP contribution in [-0.4, -0.2) is 50.5 Å². The first kappa shape index (κ1) is 32.4. The van der Waals surface area contributed by atoms with Crippen molar-refractivity contribution in [1.82, 2.24) is 10.2 Å². The average Bonchev–Trinajstić information content (AvgIpc) is 2.90. The van der Waals surface area contributed by atoms with Crippen molar-refractivity contribution < 1.29 is 18.0 Å². The number of nitrogens with zero attached hydrogens (tertiary/aromatic N) is 2. The number of carbonyl (C=O) groups excluding carboxylic acids is 2. The minimum absolute atomic E-state index is 0.0220. The molecule has 3 aromatic carbocycles. The maximum atomic E-state index is 14.2. The van der Waals surface area contributed by atoms with Crippen molar-refractivity contribution in [3.8, 4) is 0 Å². The Morgan fingerprint density at radius 3 is 2.24 bits per heavy atom. The van der Waals surface area contributed by atoms with E-state index in [-0.39, 0.29) is 24.8 Å². The van der Waals surface area contributed by atoms with Crippen LogP contribution in [0.2, 0.25) is 10.0 Å². The van der Waals surface area contributed by atoms with E-state index in [4.69, 9.17) is 23.2 Å². The first-order chi connectivity index (χ1) is 19.3. The Morgan fingerprint density at radius 1 is 0.951 bits per heavy atom. The lowest BCUT2D eigenvalue weighted by Gasteiger charge is -2.34. The molecule has 0 unspecified atom stereocenters. The molecule has 0 spiro atoms. The van der Waals surface area contributed by atoms with E-state index in [1.807, 2.05) is 63.2 Å². The first-order valence-electron chi connectivity index (χ1n) is 13.4. The van der Waals surface area contributed by atoms with Crippen LogP contribution in [0.15, 0.2) is 66.7 Å². The lowest BCUT2D eigenvalue weighted by Crippen LogP contribution is -2.53. The highest BCUT2D eigenvalue weighted by Gasteiger charge is 2.33. The van der Waals surface area contributed by atoms with E-state index in [0.717, 1.165) is 21.7 Å². The van der Waals surface area contributed by atoms with Crippen LogP contribution in [0.1, 0.15) is 36.1 Å². The van der Waals surface area contributed by atoms with Crippen LogP contribution in [0, 0.1) is 19.8 Å². The summed E-state index contributed by atoms with van der Waals surface area (Å²) in [5.74, 6) is -0.683. The summed E-state index contributed by atoms with van der Waals surface area (Å²) in [4.78, 5) is 29.3. The normalized spacial score (nSPS) is 12.2. The van der Waals surface area contributed by atoms with Gasteiger partial charge in [-0.25, -0.2) is 8.42 Å². The minimum atomic E-state index is -3.86. The second-order valence-electron chi connectivity index (χ2n) is 10.7. The standard InChI is InChI=1S/C31H37Cl2N3O4S/c1-21(2)18-34-31(38)29(16-24-9-7-6-8-10-24)35(19-25-13-14-26(32)17-27(25)33)30(37)20-36(41(5,39)40)28-15-22(3)11-12-23(28)4/h6-15,17,21,29H,16,18-20H2,1-5H3,(H,34,38)/t29-/m0/s1. The van der Waals surface area contributed by atoms with Crippen molar-refractivity contribution in [2.75, 3.05) is 23.7 Å². The van der Waals surface area contributed by atoms with Gasteiger partial charge in [-0.2, -0.15) is 0 Å². The Hall–Kier alpha value is -3.07. The number of benzene rings is 3. The highest BCUT2D eigenvalue weighted by Crippen LogP contribution is 2.27. The van der Waals surface area contributed by atoms with Crippen molar-refractivity contribution in [2.24, 2.45) is 5.92 Å². The van der Waals surface area contributed by atoms with Crippen LogP contribution < -0.4 is 9.62 Å². The zero-order valence-corrected chi connectivity index (χ0v) is 26.4. The molecule has 1 atom stereocenters. The number of carbonyl (C=O) groups is 2. The fourth-order valence-corrected chi connectivity index (χ4v) is 5.76. The minimum Gasteiger partial charge on any atom is -0.354 e. The topological polar surface area (TPSA) is 86.8 Å². The number of hydrogen-bond donors (Lipinski definition) is 1. The van der Waals surface area contributed by atoms with Gasteiger partial charge >= 0.3 is 0 Å². The van der Waals surface area contributed by atoms with Gasteiger partial charge in [0.25, 0.3) is 0 Å². The van der Waals surface area contributed by atoms with E-state index in [0.29, 0.717) is 33.4 Å². The maximum Gasteiger partial charge on any atom is 0.244 e. The van der Waals surface area contributed by atoms with Gasteiger partial charge in [-0.3, -0.25) is 13.9 Å². The Morgan fingerprint density at radius 2 is 1.63 bits per heavy atom. The van der Waals surface area contributed by atoms with Gasteiger partial charge in [0.05, 0.1) is 11.9 Å². The molecule has 0 radical (unpaired) electrons. The van der Waals surface area contributed by atoms with Gasteiger partial charge in [0.1, 0.15) is 12.6 Å². The molecule has 41 heavy (non-hydrogen) atoms. The molecule has 0 aliphatic rings. The van der Waals surface area contributed by atoms with Gasteiger partial charge in [-0.1, -0.05) is 85.6 Å². The molecule has 7 nitrogen and oxygen atoms in total. The summed E-state index contributed by atoms with van der Waals surface area (Å²) < 4.78 is 27.1. The Balaban J connectivity index is 2.10. The number of halogens is 2. The van der Waals surface area contributed by atoms with Crippen molar-refractivity contribution in [3.63, 3.8) is 0 Å². The lowest BCUT2D eigenvalue weighted by atomic mass is 10.0. The second-order valence-corrected chi connectivity index (χ2v) is 13.4. The van der Waals surface area contributed by atoms with Gasteiger partial charge < -0.3 is 10.2 Å². The van der Waals surface area contributed by atoms with Gasteiger partial charge in [0.15, 0.2) is 0 Å². The molecule has 3 rings (SSSR count). The summed E-state index contributed by atoms with van der Waals surface area (Å²) in [6.45, 7) is 7.53. The molecule has 0 bridgehead atoms. The van der Waals surface area contributed by atoms with Crippen LogP contribution in [0.4, 0.5) is 5.69 Å². The molecular weight excluding hydrogens is 581 g/mol. The summed E-state index contributed by atoms with van der Waals surface area (Å²) in [5, 5.41) is 3.73. The van der Waals surface area contributed by atoms with Crippen LogP contribution in [-0.2, 0) is 32.6 Å². The highest BCUT2D eigenvalue weighted by molar-refractivity contribution is 7.92. The molecule has 0 aromatic heterocycles. The summed E-state index contributed by atoms with van der Waals surface area (Å²) in [5.41, 5.74) is 3.40. The quantitative estimate of drug-likeness (QED) is 0.279. The number of amides is 2. The SMILES string of the molecule is Cc1ccc(C)c(N(CC(=O)N(Cc2ccc(Cl)cc2Cl)[C@@H](Cc2ccccc2)C(=O)NCC(C)C)S(C)(=O)=O)c1. The fraction of sp³-hybridized carbons (Fsp3) is 0.355. The van der Waals surface area contributed by atoms with E-state index in [2.05, 4.69) is 5.32 Å². The maximum absolute atomic E-state index is 14.2. The van der Waals surface area contributed by atoms with Gasteiger partial charge in [-0.05, 0) is 60.2 Å². The molecule has 10 heteroatoms. The second kappa shape index (κ2) is 14.2. The summed E-state index contributed by atoms with van der Waals surface area (Å²) in [6, 6.07) is 18.8. The molecule has 2 amide bonds. The van der Waals surface area contributed by atoms with E-state index in [1.165, 1.54) is 4.90 Å². The number of aryl methyl sites for hydroxylation is 2. The van der Waals surface area contributed by atoms with Crippen LogP contribution in [0.5, 0.6) is 0 Å². The van der Waals surface area contributed by atoms with E-state index in [1.54, 1.807) is 31.2 Å². The zero-order chi connectivity index (χ0) is 30.3. The molecule has 0 heterocycles. The van der Waals surface area contributed by atoms with Crippen LogP contribution in [0.25, 0.3) is 0 Å². The number of nitrogens with one attached hydrogen (secondary N) is 1. The largest absolute Gasteiger partial charge is 0.354 e. The predicted octanol–water partition coefficient (Wildman–Crippen LogP) is 5.79. The molecular formula is C31H37Cl2N3O4S. The average molecular weight is 619 g/mol. The molecule has 0 saturated heterocycles. The van der Waals surface area contributed by atoms with Crippen molar-refractivity contribution in [3.05, 3.63) is 99.0 Å². The molecule has 3 aromatic rings. The molecule has 0 fully saturated rings. The number of anilines is 1. The third kappa shape index (κ3) is 9.21. The van der Waals surface area contributed by atoms with Gasteiger partial charge in [-0.15, -0.1) is 0 Å². The van der Waals surface area contributed by atoms with Crippen molar-refractivity contribution in [1.29, 1.82) is 0 Å². The summed E-state index contributed by atoms with van der Waals surface area (Å²) >= 11 is 12.6. The van der Waals surface area contributed by atoms with Gasteiger partial charge in [0.2, 0.25) is 21.8 Å². The molecule has 220 valence electrons. The third-order valence-corrected chi connectivity index (χ3v) is 8.34. The van der Waals surface area contributed by atoms with E-state index < -0.39 is 28.5 Å². The third-order valence-electron chi connectivity index (χ3n) is 6.62. The molecule has 0 aliphatic carbocycles. The van der Waals surface area contributed by atoms with Gasteiger partial charge in [0, 0.05) is 29.6 Å². The molecule has 0 aliphatic heterocycles. The molecule has 1 N–H and O–H groups in total.